The molecule has 98 valence electrons. The standard InChI is InChI=1S/C12H15NO4S/c14-11(13-8-3-1-2-4-8)6-17-9-5-10(12(15)16)18-7-9/h5,7-8H,1-4,6H2,(H,13,14)(H,15,16). The number of amides is 1. The average molecular weight is 269 g/mol. The molecule has 0 unspecified atom stereocenters. The van der Waals surface area contributed by atoms with Crippen LogP contribution < -0.4 is 10.1 Å². The van der Waals surface area contributed by atoms with E-state index in [0.717, 1.165) is 37.0 Å². The van der Waals surface area contributed by atoms with Crippen molar-refractivity contribution in [1.29, 1.82) is 0 Å². The molecule has 0 bridgehead atoms. The van der Waals surface area contributed by atoms with E-state index in [1.807, 2.05) is 0 Å². The molecule has 6 heteroatoms. The Morgan fingerprint density at radius 2 is 2.17 bits per heavy atom. The van der Waals surface area contributed by atoms with Crippen molar-refractivity contribution in [2.24, 2.45) is 0 Å². The highest BCUT2D eigenvalue weighted by Crippen LogP contribution is 2.21. The van der Waals surface area contributed by atoms with Gasteiger partial charge in [0.1, 0.15) is 10.6 Å². The van der Waals surface area contributed by atoms with Gasteiger partial charge in [0.25, 0.3) is 5.91 Å². The van der Waals surface area contributed by atoms with Gasteiger partial charge in [0, 0.05) is 17.5 Å². The smallest absolute Gasteiger partial charge is 0.346 e. The summed E-state index contributed by atoms with van der Waals surface area (Å²) in [6.07, 6.45) is 4.40. The zero-order chi connectivity index (χ0) is 13.0. The lowest BCUT2D eigenvalue weighted by atomic mass is 10.2. The first-order chi connectivity index (χ1) is 8.65. The van der Waals surface area contributed by atoms with Crippen molar-refractivity contribution >= 4 is 23.2 Å². The van der Waals surface area contributed by atoms with E-state index in [1.165, 1.54) is 6.07 Å². The second kappa shape index (κ2) is 5.86. The minimum Gasteiger partial charge on any atom is -0.483 e. The zero-order valence-electron chi connectivity index (χ0n) is 9.85. The van der Waals surface area contributed by atoms with Gasteiger partial charge in [-0.3, -0.25) is 4.79 Å². The third-order valence-corrected chi connectivity index (χ3v) is 3.77. The van der Waals surface area contributed by atoms with Crippen LogP contribution in [0.4, 0.5) is 0 Å². The van der Waals surface area contributed by atoms with Gasteiger partial charge in [-0.15, -0.1) is 11.3 Å². The van der Waals surface area contributed by atoms with Crippen molar-refractivity contribution in [2.75, 3.05) is 6.61 Å². The van der Waals surface area contributed by atoms with Crippen molar-refractivity contribution in [2.45, 2.75) is 31.7 Å². The number of thiophene rings is 1. The largest absolute Gasteiger partial charge is 0.483 e. The van der Waals surface area contributed by atoms with Crippen LogP contribution in [-0.2, 0) is 4.79 Å². The molecule has 0 aromatic carbocycles. The highest BCUT2D eigenvalue weighted by Gasteiger charge is 2.17. The van der Waals surface area contributed by atoms with E-state index < -0.39 is 5.97 Å². The first-order valence-electron chi connectivity index (χ1n) is 5.89. The number of ether oxygens (including phenoxy) is 1. The monoisotopic (exact) mass is 269 g/mol. The average Bonchev–Trinajstić information content (AvgIpc) is 2.96. The van der Waals surface area contributed by atoms with Crippen molar-refractivity contribution in [3.8, 4) is 5.75 Å². The summed E-state index contributed by atoms with van der Waals surface area (Å²) in [5.41, 5.74) is 0. The molecule has 1 aliphatic carbocycles. The van der Waals surface area contributed by atoms with Crippen LogP contribution in [0.5, 0.6) is 5.75 Å². The van der Waals surface area contributed by atoms with Crippen molar-refractivity contribution < 1.29 is 19.4 Å². The number of hydrogen-bond acceptors (Lipinski definition) is 4. The van der Waals surface area contributed by atoms with E-state index >= 15 is 0 Å². The SMILES string of the molecule is O=C(COc1csc(C(=O)O)c1)NC1CCCC1. The Morgan fingerprint density at radius 1 is 1.44 bits per heavy atom. The van der Waals surface area contributed by atoms with Gasteiger partial charge in [0.15, 0.2) is 6.61 Å². The molecule has 1 heterocycles. The first-order valence-corrected chi connectivity index (χ1v) is 6.77. The van der Waals surface area contributed by atoms with E-state index in [2.05, 4.69) is 5.32 Å². The molecule has 1 amide bonds. The fourth-order valence-electron chi connectivity index (χ4n) is 2.00. The molecule has 0 spiro atoms. The molecule has 0 atom stereocenters. The molecule has 1 aromatic rings. The maximum Gasteiger partial charge on any atom is 0.346 e. The van der Waals surface area contributed by atoms with E-state index in [0.29, 0.717) is 5.75 Å². The summed E-state index contributed by atoms with van der Waals surface area (Å²) in [5.74, 6) is -0.700. The highest BCUT2D eigenvalue weighted by molar-refractivity contribution is 7.12. The highest BCUT2D eigenvalue weighted by atomic mass is 32.1. The van der Waals surface area contributed by atoms with Crippen molar-refractivity contribution in [3.05, 3.63) is 16.3 Å². The summed E-state index contributed by atoms with van der Waals surface area (Å²) in [5, 5.41) is 13.2. The third-order valence-electron chi connectivity index (χ3n) is 2.88. The van der Waals surface area contributed by atoms with Crippen LogP contribution in [0.15, 0.2) is 11.4 Å². The number of carboxylic acids is 1. The summed E-state index contributed by atoms with van der Waals surface area (Å²) < 4.78 is 5.24. The van der Waals surface area contributed by atoms with E-state index in [4.69, 9.17) is 9.84 Å². The first kappa shape index (κ1) is 12.9. The predicted molar refractivity (Wildman–Crippen MR) is 67.2 cm³/mol. The number of carbonyl (C=O) groups excluding carboxylic acids is 1. The number of carbonyl (C=O) groups is 2. The lowest BCUT2D eigenvalue weighted by Gasteiger charge is -2.11. The predicted octanol–water partition coefficient (Wildman–Crippen LogP) is 1.88. The van der Waals surface area contributed by atoms with Crippen LogP contribution in [-0.4, -0.2) is 29.6 Å². The molecule has 0 radical (unpaired) electrons. The van der Waals surface area contributed by atoms with Gasteiger partial charge < -0.3 is 15.2 Å². The molecule has 1 fully saturated rings. The van der Waals surface area contributed by atoms with Crippen molar-refractivity contribution in [1.82, 2.24) is 5.32 Å². The van der Waals surface area contributed by atoms with Gasteiger partial charge in [-0.05, 0) is 12.8 Å². The molecule has 1 aromatic heterocycles. The van der Waals surface area contributed by atoms with Gasteiger partial charge in [-0.2, -0.15) is 0 Å². The second-order valence-electron chi connectivity index (χ2n) is 4.29. The van der Waals surface area contributed by atoms with Gasteiger partial charge >= 0.3 is 5.97 Å². The third kappa shape index (κ3) is 3.46. The summed E-state index contributed by atoms with van der Waals surface area (Å²) in [6, 6.07) is 1.70. The normalized spacial score (nSPS) is 15.6. The molecule has 1 aliphatic rings. The molecular formula is C12H15NO4S. The van der Waals surface area contributed by atoms with Crippen LogP contribution in [0.1, 0.15) is 35.4 Å². The minimum absolute atomic E-state index is 0.0632. The van der Waals surface area contributed by atoms with Gasteiger partial charge in [-0.1, -0.05) is 12.8 Å². The van der Waals surface area contributed by atoms with Gasteiger partial charge in [0.05, 0.1) is 0 Å². The van der Waals surface area contributed by atoms with Crippen LogP contribution >= 0.6 is 11.3 Å². The lowest BCUT2D eigenvalue weighted by molar-refractivity contribution is -0.123. The Hall–Kier alpha value is -1.56. The number of nitrogens with one attached hydrogen (secondary N) is 1. The van der Waals surface area contributed by atoms with Crippen LogP contribution in [0.25, 0.3) is 0 Å². The Bertz CT molecular complexity index is 437. The number of aromatic carboxylic acids is 1. The van der Waals surface area contributed by atoms with E-state index in [1.54, 1.807) is 5.38 Å². The molecule has 2 N–H and O–H groups in total. The molecule has 2 rings (SSSR count). The maximum absolute atomic E-state index is 11.6. The summed E-state index contributed by atoms with van der Waals surface area (Å²) in [6.45, 7) is -0.0632. The topological polar surface area (TPSA) is 75.6 Å². The van der Waals surface area contributed by atoms with Gasteiger partial charge in [-0.25, -0.2) is 4.79 Å². The minimum atomic E-state index is -0.981. The van der Waals surface area contributed by atoms with Crippen LogP contribution in [0.3, 0.4) is 0 Å². The molecule has 1 saturated carbocycles. The molecule has 0 saturated heterocycles. The van der Waals surface area contributed by atoms with Crippen LogP contribution in [0, 0.1) is 0 Å². The van der Waals surface area contributed by atoms with E-state index in [-0.39, 0.29) is 23.4 Å². The molecule has 0 aliphatic heterocycles. The number of carboxylic acid groups (broad SMARTS) is 1. The van der Waals surface area contributed by atoms with Crippen LogP contribution in [0.2, 0.25) is 0 Å². The lowest BCUT2D eigenvalue weighted by Crippen LogP contribution is -2.36. The molecule has 18 heavy (non-hydrogen) atoms. The Balaban J connectivity index is 1.76. The maximum atomic E-state index is 11.6. The Morgan fingerprint density at radius 3 is 2.78 bits per heavy atom. The molecular weight excluding hydrogens is 254 g/mol. The number of rotatable bonds is 5. The Labute approximate surface area is 109 Å². The Kier molecular flexibility index (Phi) is 4.19. The summed E-state index contributed by atoms with van der Waals surface area (Å²) in [7, 11) is 0. The molecule has 5 nitrogen and oxygen atoms in total. The quantitative estimate of drug-likeness (QED) is 0.855. The fourth-order valence-corrected chi connectivity index (χ4v) is 2.66. The summed E-state index contributed by atoms with van der Waals surface area (Å²) in [4.78, 5) is 22.4. The van der Waals surface area contributed by atoms with Gasteiger partial charge in [0.2, 0.25) is 0 Å². The summed E-state index contributed by atoms with van der Waals surface area (Å²) >= 11 is 1.09. The van der Waals surface area contributed by atoms with E-state index in [9.17, 15) is 9.59 Å². The zero-order valence-corrected chi connectivity index (χ0v) is 10.7. The fraction of sp³-hybridized carbons (Fsp3) is 0.500. The number of hydrogen-bond donors (Lipinski definition) is 2. The van der Waals surface area contributed by atoms with Crippen molar-refractivity contribution in [3.63, 3.8) is 0 Å². The second-order valence-corrected chi connectivity index (χ2v) is 5.20.